The van der Waals surface area contributed by atoms with E-state index in [-0.39, 0.29) is 6.10 Å². The summed E-state index contributed by atoms with van der Waals surface area (Å²) in [6.07, 6.45) is 3.06. The van der Waals surface area contributed by atoms with E-state index in [1.807, 2.05) is 0 Å². The lowest BCUT2D eigenvalue weighted by atomic mass is 10.2. The summed E-state index contributed by atoms with van der Waals surface area (Å²) in [6, 6.07) is 0.588. The Morgan fingerprint density at radius 3 is 2.88 bits per heavy atom. The first-order valence-corrected chi connectivity index (χ1v) is 6.98. The highest BCUT2D eigenvalue weighted by Crippen LogP contribution is 2.09. The zero-order valence-electron chi connectivity index (χ0n) is 11.3. The zero-order valence-corrected chi connectivity index (χ0v) is 11.3. The molecule has 0 aromatic heterocycles. The van der Waals surface area contributed by atoms with Gasteiger partial charge in [-0.1, -0.05) is 20.3 Å². The van der Waals surface area contributed by atoms with E-state index < -0.39 is 0 Å². The SMILES string of the molecule is CCCCOCC(O)CN(CC)C1CCNC1. The Kier molecular flexibility index (Phi) is 7.77. The maximum Gasteiger partial charge on any atom is 0.0900 e. The molecular weight excluding hydrogens is 216 g/mol. The van der Waals surface area contributed by atoms with Crippen LogP contribution in [0.15, 0.2) is 0 Å². The van der Waals surface area contributed by atoms with Gasteiger partial charge in [-0.2, -0.15) is 0 Å². The average Bonchev–Trinajstić information content (AvgIpc) is 2.85. The fraction of sp³-hybridized carbons (Fsp3) is 1.00. The van der Waals surface area contributed by atoms with Crippen molar-refractivity contribution in [2.75, 3.05) is 39.4 Å². The second kappa shape index (κ2) is 8.86. The average molecular weight is 244 g/mol. The lowest BCUT2D eigenvalue weighted by molar-refractivity contribution is 0.0102. The minimum absolute atomic E-state index is 0.354. The summed E-state index contributed by atoms with van der Waals surface area (Å²) in [6.45, 7) is 9.42. The molecule has 102 valence electrons. The van der Waals surface area contributed by atoms with Crippen LogP contribution in [-0.2, 0) is 4.74 Å². The topological polar surface area (TPSA) is 44.7 Å². The predicted octanol–water partition coefficient (Wildman–Crippen LogP) is 0.848. The highest BCUT2D eigenvalue weighted by atomic mass is 16.5. The van der Waals surface area contributed by atoms with Gasteiger partial charge in [0, 0.05) is 25.7 Å². The van der Waals surface area contributed by atoms with Gasteiger partial charge in [0.25, 0.3) is 0 Å². The second-order valence-corrected chi connectivity index (χ2v) is 4.82. The number of unbranched alkanes of at least 4 members (excludes halogenated alkanes) is 1. The van der Waals surface area contributed by atoms with Gasteiger partial charge in [-0.25, -0.2) is 0 Å². The Morgan fingerprint density at radius 2 is 2.29 bits per heavy atom. The molecule has 2 unspecified atom stereocenters. The minimum Gasteiger partial charge on any atom is -0.389 e. The summed E-state index contributed by atoms with van der Waals surface area (Å²) in [5.74, 6) is 0. The van der Waals surface area contributed by atoms with E-state index in [1.54, 1.807) is 0 Å². The molecule has 0 saturated carbocycles. The molecule has 1 saturated heterocycles. The van der Waals surface area contributed by atoms with Gasteiger partial charge in [0.2, 0.25) is 0 Å². The minimum atomic E-state index is -0.354. The Labute approximate surface area is 105 Å². The van der Waals surface area contributed by atoms with Gasteiger partial charge in [0.15, 0.2) is 0 Å². The van der Waals surface area contributed by atoms with E-state index in [0.29, 0.717) is 12.6 Å². The molecule has 2 N–H and O–H groups in total. The summed E-state index contributed by atoms with van der Waals surface area (Å²) in [7, 11) is 0. The third kappa shape index (κ3) is 5.82. The van der Waals surface area contributed by atoms with E-state index in [0.717, 1.165) is 45.6 Å². The number of hydrogen-bond donors (Lipinski definition) is 2. The number of nitrogens with zero attached hydrogens (tertiary/aromatic N) is 1. The largest absolute Gasteiger partial charge is 0.389 e. The summed E-state index contributed by atoms with van der Waals surface area (Å²) in [5, 5.41) is 13.3. The van der Waals surface area contributed by atoms with E-state index in [2.05, 4.69) is 24.1 Å². The molecular formula is C13H28N2O2. The van der Waals surface area contributed by atoms with Crippen molar-refractivity contribution in [1.29, 1.82) is 0 Å². The quantitative estimate of drug-likeness (QED) is 0.590. The van der Waals surface area contributed by atoms with Crippen LogP contribution in [-0.4, -0.2) is 61.5 Å². The highest BCUT2D eigenvalue weighted by Gasteiger charge is 2.22. The van der Waals surface area contributed by atoms with Crippen LogP contribution in [0.2, 0.25) is 0 Å². The monoisotopic (exact) mass is 244 g/mol. The molecule has 0 aromatic rings. The molecule has 0 radical (unpaired) electrons. The molecule has 1 aliphatic heterocycles. The summed E-state index contributed by atoms with van der Waals surface area (Å²) >= 11 is 0. The summed E-state index contributed by atoms with van der Waals surface area (Å²) in [5.41, 5.74) is 0. The van der Waals surface area contributed by atoms with Crippen molar-refractivity contribution >= 4 is 0 Å². The predicted molar refractivity (Wildman–Crippen MR) is 70.3 cm³/mol. The van der Waals surface area contributed by atoms with Crippen LogP contribution in [0.25, 0.3) is 0 Å². The van der Waals surface area contributed by atoms with Crippen molar-refractivity contribution in [1.82, 2.24) is 10.2 Å². The number of aliphatic hydroxyl groups excluding tert-OH is 1. The van der Waals surface area contributed by atoms with Crippen molar-refractivity contribution in [3.63, 3.8) is 0 Å². The molecule has 17 heavy (non-hydrogen) atoms. The maximum atomic E-state index is 9.92. The highest BCUT2D eigenvalue weighted by molar-refractivity contribution is 4.81. The van der Waals surface area contributed by atoms with E-state index >= 15 is 0 Å². The van der Waals surface area contributed by atoms with Crippen molar-refractivity contribution in [3.8, 4) is 0 Å². The first kappa shape index (κ1) is 14.9. The number of hydrogen-bond acceptors (Lipinski definition) is 4. The third-order valence-corrected chi connectivity index (χ3v) is 3.35. The van der Waals surface area contributed by atoms with Gasteiger partial charge in [0.05, 0.1) is 12.7 Å². The Morgan fingerprint density at radius 1 is 1.47 bits per heavy atom. The second-order valence-electron chi connectivity index (χ2n) is 4.82. The molecule has 2 atom stereocenters. The van der Waals surface area contributed by atoms with Crippen LogP contribution in [0.1, 0.15) is 33.1 Å². The maximum absolute atomic E-state index is 9.92. The fourth-order valence-corrected chi connectivity index (χ4v) is 2.28. The van der Waals surface area contributed by atoms with E-state index in [1.165, 1.54) is 6.42 Å². The molecule has 0 amide bonds. The number of ether oxygens (including phenoxy) is 1. The van der Waals surface area contributed by atoms with Gasteiger partial charge in [-0.15, -0.1) is 0 Å². The van der Waals surface area contributed by atoms with Crippen LogP contribution in [0.5, 0.6) is 0 Å². The molecule has 1 fully saturated rings. The molecule has 1 aliphatic rings. The summed E-state index contributed by atoms with van der Waals surface area (Å²) in [4.78, 5) is 2.36. The molecule has 0 spiro atoms. The number of nitrogens with one attached hydrogen (secondary N) is 1. The lowest BCUT2D eigenvalue weighted by Gasteiger charge is -2.28. The molecule has 0 aromatic carbocycles. The van der Waals surface area contributed by atoms with Gasteiger partial charge >= 0.3 is 0 Å². The Bertz CT molecular complexity index is 184. The van der Waals surface area contributed by atoms with Crippen LogP contribution >= 0.6 is 0 Å². The molecule has 4 nitrogen and oxygen atoms in total. The van der Waals surface area contributed by atoms with E-state index in [4.69, 9.17) is 4.74 Å². The Balaban J connectivity index is 2.15. The molecule has 4 heteroatoms. The first-order chi connectivity index (χ1) is 8.27. The third-order valence-electron chi connectivity index (χ3n) is 3.35. The van der Waals surface area contributed by atoms with Crippen LogP contribution < -0.4 is 5.32 Å². The lowest BCUT2D eigenvalue weighted by Crippen LogP contribution is -2.42. The zero-order chi connectivity index (χ0) is 12.5. The van der Waals surface area contributed by atoms with Crippen LogP contribution in [0.4, 0.5) is 0 Å². The molecule has 1 heterocycles. The van der Waals surface area contributed by atoms with Gasteiger partial charge < -0.3 is 15.2 Å². The van der Waals surface area contributed by atoms with Gasteiger partial charge in [0.1, 0.15) is 0 Å². The summed E-state index contributed by atoms with van der Waals surface area (Å²) < 4.78 is 5.45. The van der Waals surface area contributed by atoms with Crippen molar-refractivity contribution in [3.05, 3.63) is 0 Å². The number of likely N-dealkylation sites (N-methyl/N-ethyl adjacent to an activating group) is 1. The normalized spacial score (nSPS) is 22.2. The van der Waals surface area contributed by atoms with Crippen molar-refractivity contribution in [2.24, 2.45) is 0 Å². The Hall–Kier alpha value is -0.160. The van der Waals surface area contributed by atoms with Crippen molar-refractivity contribution in [2.45, 2.75) is 45.3 Å². The number of rotatable bonds is 9. The fourth-order valence-electron chi connectivity index (χ4n) is 2.28. The molecule has 0 aliphatic carbocycles. The standard InChI is InChI=1S/C13H28N2O2/c1-3-5-8-17-11-13(16)10-15(4-2)12-6-7-14-9-12/h12-14,16H,3-11H2,1-2H3. The molecule has 1 rings (SSSR count). The number of aliphatic hydroxyl groups is 1. The van der Waals surface area contributed by atoms with Crippen LogP contribution in [0, 0.1) is 0 Å². The van der Waals surface area contributed by atoms with E-state index in [9.17, 15) is 5.11 Å². The molecule has 0 bridgehead atoms. The first-order valence-electron chi connectivity index (χ1n) is 6.98. The van der Waals surface area contributed by atoms with Gasteiger partial charge in [-0.05, 0) is 25.9 Å². The van der Waals surface area contributed by atoms with Crippen molar-refractivity contribution < 1.29 is 9.84 Å². The van der Waals surface area contributed by atoms with Gasteiger partial charge in [-0.3, -0.25) is 4.90 Å². The smallest absolute Gasteiger partial charge is 0.0900 e. The van der Waals surface area contributed by atoms with Crippen LogP contribution in [0.3, 0.4) is 0 Å².